The first-order valence-electron chi connectivity index (χ1n) is 7.21. The quantitative estimate of drug-likeness (QED) is 0.748. The third-order valence-electron chi connectivity index (χ3n) is 3.54. The van der Waals surface area contributed by atoms with Gasteiger partial charge >= 0.3 is 5.63 Å². The van der Waals surface area contributed by atoms with Gasteiger partial charge in [0.2, 0.25) is 0 Å². The van der Waals surface area contributed by atoms with E-state index >= 15 is 0 Å². The third-order valence-corrected chi connectivity index (χ3v) is 3.54. The lowest BCUT2D eigenvalue weighted by atomic mass is 10.1. The number of rotatable bonds is 4. The monoisotopic (exact) mass is 327 g/mol. The fraction of sp³-hybridized carbons (Fsp3) is 0.111. The van der Waals surface area contributed by atoms with Gasteiger partial charge in [0.1, 0.15) is 17.1 Å². The SMILES string of the molecule is COc1ccc2c(C(=O)NCc3cccc(F)c3)cc(=O)oc2c1. The fourth-order valence-corrected chi connectivity index (χ4v) is 2.38. The van der Waals surface area contributed by atoms with Crippen LogP contribution in [-0.4, -0.2) is 13.0 Å². The second-order valence-electron chi connectivity index (χ2n) is 5.15. The molecule has 1 N–H and O–H groups in total. The minimum absolute atomic E-state index is 0.147. The molecular weight excluding hydrogens is 313 g/mol. The van der Waals surface area contributed by atoms with E-state index in [0.29, 0.717) is 16.7 Å². The Kier molecular flexibility index (Phi) is 4.29. The molecule has 1 aromatic heterocycles. The molecule has 0 aliphatic heterocycles. The molecule has 0 atom stereocenters. The van der Waals surface area contributed by atoms with Gasteiger partial charge < -0.3 is 14.5 Å². The summed E-state index contributed by atoms with van der Waals surface area (Å²) in [4.78, 5) is 24.1. The molecule has 0 spiro atoms. The fourth-order valence-electron chi connectivity index (χ4n) is 2.38. The molecule has 6 heteroatoms. The van der Waals surface area contributed by atoms with Gasteiger partial charge in [0.05, 0.1) is 12.7 Å². The lowest BCUT2D eigenvalue weighted by molar-refractivity contribution is 0.0952. The molecule has 0 saturated heterocycles. The van der Waals surface area contributed by atoms with Gasteiger partial charge in [0.25, 0.3) is 5.91 Å². The van der Waals surface area contributed by atoms with Gasteiger partial charge in [-0.15, -0.1) is 0 Å². The van der Waals surface area contributed by atoms with Crippen molar-refractivity contribution in [2.45, 2.75) is 6.54 Å². The van der Waals surface area contributed by atoms with Crippen LogP contribution in [0, 0.1) is 5.82 Å². The molecule has 0 unspecified atom stereocenters. The normalized spacial score (nSPS) is 10.6. The van der Waals surface area contributed by atoms with Gasteiger partial charge in [0.15, 0.2) is 0 Å². The third kappa shape index (κ3) is 3.27. The molecule has 1 amide bonds. The lowest BCUT2D eigenvalue weighted by Crippen LogP contribution is -2.24. The number of halogens is 1. The zero-order chi connectivity index (χ0) is 17.1. The highest BCUT2D eigenvalue weighted by Gasteiger charge is 2.13. The molecule has 0 saturated carbocycles. The summed E-state index contributed by atoms with van der Waals surface area (Å²) in [5, 5.41) is 3.17. The smallest absolute Gasteiger partial charge is 0.337 e. The number of methoxy groups -OCH3 is 1. The van der Waals surface area contributed by atoms with E-state index in [2.05, 4.69) is 5.32 Å². The Hall–Kier alpha value is -3.15. The molecule has 3 aromatic rings. The molecule has 0 aliphatic rings. The van der Waals surface area contributed by atoms with E-state index < -0.39 is 11.5 Å². The van der Waals surface area contributed by atoms with Crippen LogP contribution in [0.4, 0.5) is 4.39 Å². The Morgan fingerprint density at radius 2 is 2.04 bits per heavy atom. The highest BCUT2D eigenvalue weighted by molar-refractivity contribution is 6.05. The van der Waals surface area contributed by atoms with E-state index in [9.17, 15) is 14.0 Å². The van der Waals surface area contributed by atoms with E-state index in [0.717, 1.165) is 6.07 Å². The molecule has 122 valence electrons. The van der Waals surface area contributed by atoms with Crippen LogP contribution in [0.25, 0.3) is 11.0 Å². The molecule has 1 heterocycles. The average molecular weight is 327 g/mol. The Morgan fingerprint density at radius 3 is 2.79 bits per heavy atom. The number of fused-ring (bicyclic) bond motifs is 1. The summed E-state index contributed by atoms with van der Waals surface area (Å²) >= 11 is 0. The Morgan fingerprint density at radius 1 is 1.21 bits per heavy atom. The van der Waals surface area contributed by atoms with Crippen LogP contribution < -0.4 is 15.7 Å². The van der Waals surface area contributed by atoms with E-state index in [1.54, 1.807) is 30.3 Å². The van der Waals surface area contributed by atoms with Crippen LogP contribution in [-0.2, 0) is 6.54 Å². The molecule has 5 nitrogen and oxygen atoms in total. The Balaban J connectivity index is 1.90. The van der Waals surface area contributed by atoms with E-state index in [1.807, 2.05) is 0 Å². The number of hydrogen-bond acceptors (Lipinski definition) is 4. The largest absolute Gasteiger partial charge is 0.497 e. The zero-order valence-electron chi connectivity index (χ0n) is 12.8. The predicted octanol–water partition coefficient (Wildman–Crippen LogP) is 2.87. The van der Waals surface area contributed by atoms with Crippen molar-refractivity contribution in [1.29, 1.82) is 0 Å². The number of amides is 1. The van der Waals surface area contributed by atoms with Gasteiger partial charge in [-0.05, 0) is 29.8 Å². The first-order chi connectivity index (χ1) is 11.6. The summed E-state index contributed by atoms with van der Waals surface area (Å²) in [7, 11) is 1.49. The van der Waals surface area contributed by atoms with Crippen molar-refractivity contribution in [1.82, 2.24) is 5.32 Å². The van der Waals surface area contributed by atoms with E-state index in [4.69, 9.17) is 9.15 Å². The van der Waals surface area contributed by atoms with E-state index in [1.165, 1.54) is 19.2 Å². The van der Waals surface area contributed by atoms with Gasteiger partial charge in [0, 0.05) is 24.1 Å². The zero-order valence-corrected chi connectivity index (χ0v) is 12.8. The lowest BCUT2D eigenvalue weighted by Gasteiger charge is -2.08. The van der Waals surface area contributed by atoms with Crippen molar-refractivity contribution in [3.8, 4) is 5.75 Å². The van der Waals surface area contributed by atoms with Crippen LogP contribution in [0.5, 0.6) is 5.75 Å². The number of nitrogens with one attached hydrogen (secondary N) is 1. The maximum absolute atomic E-state index is 13.2. The summed E-state index contributed by atoms with van der Waals surface area (Å²) in [6.45, 7) is 0.147. The topological polar surface area (TPSA) is 68.5 Å². The molecule has 0 fully saturated rings. The second kappa shape index (κ2) is 6.54. The van der Waals surface area contributed by atoms with Gasteiger partial charge in [-0.2, -0.15) is 0 Å². The standard InChI is InChI=1S/C18H14FNO4/c1-23-13-5-6-14-15(9-17(21)24-16(14)8-13)18(22)20-10-11-3-2-4-12(19)7-11/h2-9H,10H2,1H3,(H,20,22). The molecule has 24 heavy (non-hydrogen) atoms. The predicted molar refractivity (Wildman–Crippen MR) is 86.6 cm³/mol. The summed E-state index contributed by atoms with van der Waals surface area (Å²) in [6, 6.07) is 11.9. The van der Waals surface area contributed by atoms with Gasteiger partial charge in [-0.3, -0.25) is 4.79 Å². The summed E-state index contributed by atoms with van der Waals surface area (Å²) < 4.78 is 23.4. The van der Waals surface area contributed by atoms with Crippen molar-refractivity contribution >= 4 is 16.9 Å². The molecular formula is C18H14FNO4. The van der Waals surface area contributed by atoms with Crippen LogP contribution in [0.15, 0.2) is 57.7 Å². The van der Waals surface area contributed by atoms with Crippen molar-refractivity contribution in [3.63, 3.8) is 0 Å². The number of benzene rings is 2. The van der Waals surface area contributed by atoms with Gasteiger partial charge in [-0.25, -0.2) is 9.18 Å². The highest BCUT2D eigenvalue weighted by Crippen LogP contribution is 2.22. The first-order valence-corrected chi connectivity index (χ1v) is 7.21. The number of ether oxygens (including phenoxy) is 1. The highest BCUT2D eigenvalue weighted by atomic mass is 19.1. The molecule has 2 aromatic carbocycles. The number of carbonyl (C=O) groups is 1. The minimum Gasteiger partial charge on any atom is -0.497 e. The summed E-state index contributed by atoms with van der Waals surface area (Å²) in [6.07, 6.45) is 0. The van der Waals surface area contributed by atoms with Crippen molar-refractivity contribution in [2.75, 3.05) is 7.11 Å². The van der Waals surface area contributed by atoms with Gasteiger partial charge in [-0.1, -0.05) is 12.1 Å². The molecule has 0 bridgehead atoms. The summed E-state index contributed by atoms with van der Waals surface area (Å²) in [5.41, 5.74) is 0.446. The number of carbonyl (C=O) groups excluding carboxylic acids is 1. The summed E-state index contributed by atoms with van der Waals surface area (Å²) in [5.74, 6) is -0.301. The molecule has 3 rings (SSSR count). The maximum atomic E-state index is 13.2. The minimum atomic E-state index is -0.633. The Bertz CT molecular complexity index is 965. The Labute approximate surface area is 136 Å². The van der Waals surface area contributed by atoms with Crippen LogP contribution in [0.3, 0.4) is 0 Å². The van der Waals surface area contributed by atoms with Crippen LogP contribution in [0.1, 0.15) is 15.9 Å². The maximum Gasteiger partial charge on any atom is 0.337 e. The van der Waals surface area contributed by atoms with Crippen LogP contribution in [0.2, 0.25) is 0 Å². The van der Waals surface area contributed by atoms with Crippen molar-refractivity contribution < 1.29 is 18.3 Å². The molecule has 0 radical (unpaired) electrons. The average Bonchev–Trinajstić information content (AvgIpc) is 2.58. The van der Waals surface area contributed by atoms with Crippen molar-refractivity contribution in [3.05, 3.63) is 75.9 Å². The number of hydrogen-bond donors (Lipinski definition) is 1. The second-order valence-corrected chi connectivity index (χ2v) is 5.15. The van der Waals surface area contributed by atoms with E-state index in [-0.39, 0.29) is 23.5 Å². The molecule has 0 aliphatic carbocycles. The first kappa shape index (κ1) is 15.7. The van der Waals surface area contributed by atoms with Crippen molar-refractivity contribution in [2.24, 2.45) is 0 Å². The van der Waals surface area contributed by atoms with Crippen LogP contribution >= 0.6 is 0 Å².